The first kappa shape index (κ1) is 15.9. The molecule has 0 spiro atoms. The third-order valence-electron chi connectivity index (χ3n) is 3.12. The number of hydrogen-bond donors (Lipinski definition) is 0. The van der Waals surface area contributed by atoms with E-state index in [0.29, 0.717) is 0 Å². The molecule has 0 saturated heterocycles. The predicted octanol–water partition coefficient (Wildman–Crippen LogP) is 3.81. The van der Waals surface area contributed by atoms with E-state index in [4.69, 9.17) is 0 Å². The second-order valence-electron chi connectivity index (χ2n) is 5.80. The summed E-state index contributed by atoms with van der Waals surface area (Å²) in [5.41, 5.74) is 1.66. The first-order valence-electron chi connectivity index (χ1n) is 6.59. The second kappa shape index (κ2) is 6.08. The number of para-hydroxylation sites is 1. The quantitative estimate of drug-likeness (QED) is 0.576. The van der Waals surface area contributed by atoms with Gasteiger partial charge in [-0.05, 0) is 0 Å². The molecule has 0 aliphatic rings. The summed E-state index contributed by atoms with van der Waals surface area (Å²) < 4.78 is 28.1. The topological polar surface area (TPSA) is 12.4 Å². The van der Waals surface area contributed by atoms with Crippen LogP contribution in [0.3, 0.4) is 0 Å². The average Bonchev–Trinajstić information content (AvgIpc) is 2.38. The van der Waals surface area contributed by atoms with Gasteiger partial charge in [0.2, 0.25) is 0 Å². The fourth-order valence-corrected chi connectivity index (χ4v) is 3.03. The van der Waals surface area contributed by atoms with Crippen molar-refractivity contribution in [2.45, 2.75) is 26.2 Å². The standard InChI is InChI=1S/C17H16F2NSe/c1-17(2,3)12-7-4-6-11(16(12)21)10-20-15-13(18)8-5-9-14(15)19/h4-10H,1-3H3. The molecule has 0 atom stereocenters. The summed E-state index contributed by atoms with van der Waals surface area (Å²) in [6.45, 7) is 6.34. The molecule has 0 N–H and O–H groups in total. The number of nitrogens with zero attached hydrogens (tertiary/aromatic N) is 1. The van der Waals surface area contributed by atoms with Crippen LogP contribution in [0.2, 0.25) is 0 Å². The molecule has 109 valence electrons. The number of aliphatic imine (C=N–C) groups is 1. The van der Waals surface area contributed by atoms with Gasteiger partial charge >= 0.3 is 131 Å². The summed E-state index contributed by atoms with van der Waals surface area (Å²) in [4.78, 5) is 3.96. The SMILES string of the molecule is CC(C)(C)c1cccc(C=Nc2c(F)cccc2F)c1[Se]. The van der Waals surface area contributed by atoms with Crippen LogP contribution < -0.4 is 4.46 Å². The molecule has 0 aliphatic carbocycles. The van der Waals surface area contributed by atoms with Gasteiger partial charge in [-0.3, -0.25) is 0 Å². The average molecular weight is 351 g/mol. The molecule has 0 saturated carbocycles. The fourth-order valence-electron chi connectivity index (χ4n) is 1.99. The third-order valence-corrected chi connectivity index (χ3v) is 4.08. The van der Waals surface area contributed by atoms with Crippen LogP contribution in [-0.2, 0) is 5.41 Å². The number of halogens is 2. The number of hydrogen-bond acceptors (Lipinski definition) is 1. The van der Waals surface area contributed by atoms with Crippen LogP contribution in [0.4, 0.5) is 14.5 Å². The molecule has 21 heavy (non-hydrogen) atoms. The van der Waals surface area contributed by atoms with Crippen molar-refractivity contribution < 1.29 is 8.78 Å². The van der Waals surface area contributed by atoms with Crippen LogP contribution in [0.5, 0.6) is 0 Å². The zero-order valence-corrected chi connectivity index (χ0v) is 13.9. The van der Waals surface area contributed by atoms with E-state index in [1.165, 1.54) is 24.4 Å². The Kier molecular flexibility index (Phi) is 4.60. The van der Waals surface area contributed by atoms with Gasteiger partial charge < -0.3 is 0 Å². The van der Waals surface area contributed by atoms with E-state index >= 15 is 0 Å². The van der Waals surface area contributed by atoms with Gasteiger partial charge in [-0.1, -0.05) is 0 Å². The fraction of sp³-hybridized carbons (Fsp3) is 0.235. The van der Waals surface area contributed by atoms with E-state index in [0.717, 1.165) is 15.6 Å². The summed E-state index contributed by atoms with van der Waals surface area (Å²) >= 11 is 3.03. The van der Waals surface area contributed by atoms with Gasteiger partial charge in [0, 0.05) is 0 Å². The van der Waals surface area contributed by atoms with E-state index in [9.17, 15) is 8.78 Å². The van der Waals surface area contributed by atoms with Crippen molar-refractivity contribution in [3.63, 3.8) is 0 Å². The van der Waals surface area contributed by atoms with Crippen molar-refractivity contribution in [2.24, 2.45) is 4.99 Å². The molecule has 1 nitrogen and oxygen atoms in total. The van der Waals surface area contributed by atoms with Gasteiger partial charge in [-0.2, -0.15) is 0 Å². The molecular weight excluding hydrogens is 335 g/mol. The van der Waals surface area contributed by atoms with E-state index in [1.54, 1.807) is 0 Å². The van der Waals surface area contributed by atoms with Crippen LogP contribution in [0.1, 0.15) is 31.9 Å². The molecule has 0 heterocycles. The first-order valence-corrected chi connectivity index (χ1v) is 7.45. The van der Waals surface area contributed by atoms with Gasteiger partial charge in [-0.15, -0.1) is 0 Å². The molecular formula is C17H16F2NSe. The molecule has 2 aromatic carbocycles. The molecule has 2 aromatic rings. The van der Waals surface area contributed by atoms with E-state index < -0.39 is 11.6 Å². The van der Waals surface area contributed by atoms with E-state index in [2.05, 4.69) is 41.8 Å². The monoisotopic (exact) mass is 352 g/mol. The Bertz CT molecular complexity index is 667. The van der Waals surface area contributed by atoms with Crippen molar-refractivity contribution in [1.29, 1.82) is 0 Å². The van der Waals surface area contributed by atoms with Crippen molar-refractivity contribution in [3.8, 4) is 0 Å². The third kappa shape index (κ3) is 3.58. The van der Waals surface area contributed by atoms with Gasteiger partial charge in [0.25, 0.3) is 0 Å². The Balaban J connectivity index is 2.43. The number of rotatable bonds is 2. The minimum absolute atomic E-state index is 0.0202. The number of benzene rings is 2. The van der Waals surface area contributed by atoms with Crippen molar-refractivity contribution in [2.75, 3.05) is 0 Å². The molecule has 0 fully saturated rings. The Morgan fingerprint density at radius 1 is 1.00 bits per heavy atom. The zero-order valence-electron chi connectivity index (χ0n) is 12.2. The summed E-state index contributed by atoms with van der Waals surface area (Å²) in [7, 11) is 0. The summed E-state index contributed by atoms with van der Waals surface area (Å²) in [6, 6.07) is 9.53. The van der Waals surface area contributed by atoms with Crippen molar-refractivity contribution >= 4 is 32.4 Å². The molecule has 1 radical (unpaired) electrons. The molecule has 0 unspecified atom stereocenters. The van der Waals surface area contributed by atoms with Gasteiger partial charge in [0.1, 0.15) is 0 Å². The molecule has 0 aromatic heterocycles. The Labute approximate surface area is 131 Å². The van der Waals surface area contributed by atoms with Crippen LogP contribution in [0.15, 0.2) is 41.4 Å². The summed E-state index contributed by atoms with van der Waals surface area (Å²) in [5.74, 6) is -1.33. The Morgan fingerprint density at radius 3 is 2.14 bits per heavy atom. The van der Waals surface area contributed by atoms with Gasteiger partial charge in [0.05, 0.1) is 0 Å². The summed E-state index contributed by atoms with van der Waals surface area (Å²) in [6.07, 6.45) is 1.49. The van der Waals surface area contributed by atoms with Crippen LogP contribution in [0.25, 0.3) is 0 Å². The molecule has 4 heteroatoms. The van der Waals surface area contributed by atoms with Crippen LogP contribution >= 0.6 is 0 Å². The van der Waals surface area contributed by atoms with Crippen molar-refractivity contribution in [1.82, 2.24) is 0 Å². The Morgan fingerprint density at radius 2 is 1.57 bits per heavy atom. The maximum atomic E-state index is 13.6. The maximum absolute atomic E-state index is 13.6. The van der Waals surface area contributed by atoms with Crippen LogP contribution in [-0.4, -0.2) is 22.2 Å². The molecule has 0 amide bonds. The molecule has 0 bridgehead atoms. The van der Waals surface area contributed by atoms with E-state index in [1.807, 2.05) is 18.2 Å². The second-order valence-corrected chi connectivity index (χ2v) is 6.66. The molecule has 0 aliphatic heterocycles. The molecule has 2 rings (SSSR count). The van der Waals surface area contributed by atoms with Crippen molar-refractivity contribution in [3.05, 3.63) is 59.2 Å². The predicted molar refractivity (Wildman–Crippen MR) is 84.1 cm³/mol. The van der Waals surface area contributed by atoms with Gasteiger partial charge in [0.15, 0.2) is 0 Å². The summed E-state index contributed by atoms with van der Waals surface area (Å²) in [5, 5.41) is 0. The van der Waals surface area contributed by atoms with E-state index in [-0.39, 0.29) is 11.1 Å². The Hall–Kier alpha value is -1.51. The first-order chi connectivity index (χ1) is 9.80. The zero-order chi connectivity index (χ0) is 15.6. The minimum atomic E-state index is -0.667. The van der Waals surface area contributed by atoms with Crippen LogP contribution in [0, 0.1) is 11.6 Å². The normalized spacial score (nSPS) is 12.0. The van der Waals surface area contributed by atoms with Gasteiger partial charge in [-0.25, -0.2) is 0 Å².